The molecule has 1 aliphatic rings. The van der Waals surface area contributed by atoms with Crippen molar-refractivity contribution < 1.29 is 14.3 Å². The molecular formula is C23H25N3O3. The normalized spacial score (nSPS) is 14.9. The molecule has 1 unspecified atom stereocenters. The molecule has 0 fully saturated rings. The van der Waals surface area contributed by atoms with Crippen LogP contribution in [0.4, 0.5) is 5.69 Å². The van der Waals surface area contributed by atoms with E-state index in [0.717, 1.165) is 29.0 Å². The van der Waals surface area contributed by atoms with Gasteiger partial charge in [0.25, 0.3) is 0 Å². The fourth-order valence-corrected chi connectivity index (χ4v) is 3.49. The van der Waals surface area contributed by atoms with E-state index in [1.165, 1.54) is 0 Å². The van der Waals surface area contributed by atoms with Gasteiger partial charge >= 0.3 is 0 Å². The van der Waals surface area contributed by atoms with Crippen molar-refractivity contribution in [2.75, 3.05) is 11.9 Å². The van der Waals surface area contributed by atoms with Gasteiger partial charge in [0.1, 0.15) is 17.6 Å². The summed E-state index contributed by atoms with van der Waals surface area (Å²) in [6.07, 6.45) is 5.73. The second-order valence-electron chi connectivity index (χ2n) is 7.20. The quantitative estimate of drug-likeness (QED) is 0.657. The topological polar surface area (TPSA) is 65.4 Å². The van der Waals surface area contributed by atoms with Crippen LogP contribution < -0.4 is 14.8 Å². The third-order valence-corrected chi connectivity index (χ3v) is 4.87. The second kappa shape index (κ2) is 8.39. The first kappa shape index (κ1) is 19.1. The molecule has 0 saturated carbocycles. The predicted molar refractivity (Wildman–Crippen MR) is 112 cm³/mol. The van der Waals surface area contributed by atoms with Crippen LogP contribution in [-0.2, 0) is 17.6 Å². The lowest BCUT2D eigenvalue weighted by molar-refractivity contribution is -0.116. The van der Waals surface area contributed by atoms with E-state index in [4.69, 9.17) is 9.47 Å². The van der Waals surface area contributed by atoms with Gasteiger partial charge in [0.2, 0.25) is 5.91 Å². The monoisotopic (exact) mass is 391 g/mol. The number of aryl methyl sites for hydroxylation is 1. The van der Waals surface area contributed by atoms with Gasteiger partial charge in [0.05, 0.1) is 24.2 Å². The van der Waals surface area contributed by atoms with Crippen LogP contribution in [0.3, 0.4) is 0 Å². The highest BCUT2D eigenvalue weighted by molar-refractivity contribution is 5.92. The Morgan fingerprint density at radius 2 is 2.14 bits per heavy atom. The highest BCUT2D eigenvalue weighted by Crippen LogP contribution is 2.38. The lowest BCUT2D eigenvalue weighted by Gasteiger charge is -2.13. The Kier molecular flexibility index (Phi) is 5.51. The van der Waals surface area contributed by atoms with E-state index in [1.54, 1.807) is 6.20 Å². The third-order valence-electron chi connectivity index (χ3n) is 4.87. The number of nitrogens with zero attached hydrogens (tertiary/aromatic N) is 2. The number of anilines is 1. The molecule has 0 spiro atoms. The first-order chi connectivity index (χ1) is 14.1. The minimum absolute atomic E-state index is 0.0654. The molecule has 6 nitrogen and oxygen atoms in total. The van der Waals surface area contributed by atoms with Gasteiger partial charge in [-0.05, 0) is 44.0 Å². The van der Waals surface area contributed by atoms with Crippen molar-refractivity contribution in [3.63, 3.8) is 0 Å². The van der Waals surface area contributed by atoms with Gasteiger partial charge in [-0.2, -0.15) is 5.10 Å². The molecule has 0 saturated heterocycles. The van der Waals surface area contributed by atoms with Crippen LogP contribution in [0.15, 0.2) is 54.9 Å². The molecule has 1 aromatic heterocycles. The molecule has 150 valence electrons. The van der Waals surface area contributed by atoms with E-state index < -0.39 is 0 Å². The van der Waals surface area contributed by atoms with E-state index in [9.17, 15) is 4.79 Å². The van der Waals surface area contributed by atoms with Gasteiger partial charge < -0.3 is 14.8 Å². The van der Waals surface area contributed by atoms with Crippen LogP contribution in [0.2, 0.25) is 0 Å². The lowest BCUT2D eigenvalue weighted by atomic mass is 10.1. The number of benzene rings is 2. The number of nitrogens with one attached hydrogen (secondary N) is 1. The number of fused-ring (bicyclic) bond motifs is 1. The maximum atomic E-state index is 12.5. The molecule has 1 atom stereocenters. The first-order valence-electron chi connectivity index (χ1n) is 9.97. The molecule has 4 rings (SSSR count). The minimum Gasteiger partial charge on any atom is -0.492 e. The van der Waals surface area contributed by atoms with Gasteiger partial charge in [-0.3, -0.25) is 4.79 Å². The molecule has 2 aromatic carbocycles. The number of para-hydroxylation sites is 1. The summed E-state index contributed by atoms with van der Waals surface area (Å²) in [5.74, 6) is 1.44. The highest BCUT2D eigenvalue weighted by atomic mass is 16.5. The maximum absolute atomic E-state index is 12.5. The number of carbonyl (C=O) groups excluding carboxylic acids is 1. The van der Waals surface area contributed by atoms with Crippen molar-refractivity contribution in [2.45, 2.75) is 39.2 Å². The van der Waals surface area contributed by atoms with Gasteiger partial charge in [-0.15, -0.1) is 0 Å². The number of hydrogen-bond acceptors (Lipinski definition) is 4. The van der Waals surface area contributed by atoms with Gasteiger partial charge in [0.15, 0.2) is 0 Å². The van der Waals surface area contributed by atoms with E-state index in [0.29, 0.717) is 30.9 Å². The van der Waals surface area contributed by atoms with Gasteiger partial charge in [-0.25, -0.2) is 4.68 Å². The molecule has 2 heterocycles. The number of ether oxygens (including phenoxy) is 2. The minimum atomic E-state index is -0.0654. The van der Waals surface area contributed by atoms with Crippen molar-refractivity contribution in [3.8, 4) is 17.2 Å². The van der Waals surface area contributed by atoms with E-state index in [1.807, 2.05) is 67.2 Å². The summed E-state index contributed by atoms with van der Waals surface area (Å²) in [5.41, 5.74) is 3.79. The van der Waals surface area contributed by atoms with Gasteiger partial charge in [0, 0.05) is 30.7 Å². The molecule has 1 aliphatic heterocycles. The van der Waals surface area contributed by atoms with Crippen molar-refractivity contribution in [1.29, 1.82) is 0 Å². The summed E-state index contributed by atoms with van der Waals surface area (Å²) in [7, 11) is 0. The molecule has 0 aliphatic carbocycles. The van der Waals surface area contributed by atoms with Crippen LogP contribution in [-0.4, -0.2) is 28.4 Å². The summed E-state index contributed by atoms with van der Waals surface area (Å²) in [5, 5.41) is 7.36. The van der Waals surface area contributed by atoms with Crippen LogP contribution in [0.5, 0.6) is 11.5 Å². The Bertz CT molecular complexity index is 998. The van der Waals surface area contributed by atoms with E-state index >= 15 is 0 Å². The summed E-state index contributed by atoms with van der Waals surface area (Å²) >= 11 is 0. The number of amides is 1. The molecule has 1 N–H and O–H groups in total. The number of carbonyl (C=O) groups is 1. The van der Waals surface area contributed by atoms with E-state index in [2.05, 4.69) is 10.4 Å². The second-order valence-corrected chi connectivity index (χ2v) is 7.20. The third kappa shape index (κ3) is 4.42. The molecule has 1 amide bonds. The van der Waals surface area contributed by atoms with Crippen molar-refractivity contribution in [1.82, 2.24) is 9.78 Å². The van der Waals surface area contributed by atoms with Crippen molar-refractivity contribution >= 4 is 11.6 Å². The van der Waals surface area contributed by atoms with Crippen LogP contribution >= 0.6 is 0 Å². The Morgan fingerprint density at radius 3 is 2.93 bits per heavy atom. The largest absolute Gasteiger partial charge is 0.492 e. The summed E-state index contributed by atoms with van der Waals surface area (Å²) in [6, 6.07) is 13.8. The van der Waals surface area contributed by atoms with Crippen LogP contribution in [0.25, 0.3) is 5.69 Å². The smallest absolute Gasteiger partial charge is 0.224 e. The SMILES string of the molecule is CCOc1cc2c(cc1NC(=O)CCc1cnn(-c3ccccc3)c1)OC(C)C2. The summed E-state index contributed by atoms with van der Waals surface area (Å²) < 4.78 is 13.4. The number of rotatable bonds is 7. The lowest BCUT2D eigenvalue weighted by Crippen LogP contribution is -2.13. The van der Waals surface area contributed by atoms with Crippen molar-refractivity contribution in [2.24, 2.45) is 0 Å². The molecule has 6 heteroatoms. The fraction of sp³-hybridized carbons (Fsp3) is 0.304. The average molecular weight is 391 g/mol. The zero-order valence-electron chi connectivity index (χ0n) is 16.7. The zero-order chi connectivity index (χ0) is 20.2. The number of hydrogen-bond donors (Lipinski definition) is 1. The highest BCUT2D eigenvalue weighted by Gasteiger charge is 2.22. The first-order valence-corrected chi connectivity index (χ1v) is 9.97. The van der Waals surface area contributed by atoms with Crippen LogP contribution in [0, 0.1) is 0 Å². The molecule has 0 radical (unpaired) electrons. The predicted octanol–water partition coefficient (Wildman–Crippen LogP) is 4.17. The molecule has 3 aromatic rings. The molecular weight excluding hydrogens is 366 g/mol. The fourth-order valence-electron chi connectivity index (χ4n) is 3.49. The van der Waals surface area contributed by atoms with Crippen molar-refractivity contribution in [3.05, 3.63) is 66.0 Å². The van der Waals surface area contributed by atoms with Gasteiger partial charge in [-0.1, -0.05) is 18.2 Å². The summed E-state index contributed by atoms with van der Waals surface area (Å²) in [6.45, 7) is 4.51. The zero-order valence-corrected chi connectivity index (χ0v) is 16.7. The standard InChI is InChI=1S/C23H25N3O3/c1-3-28-22-12-18-11-16(2)29-21(18)13-20(22)25-23(27)10-9-17-14-24-26(15-17)19-7-5-4-6-8-19/h4-8,12-16H,3,9-11H2,1-2H3,(H,25,27). The van der Waals surface area contributed by atoms with E-state index in [-0.39, 0.29) is 12.0 Å². The number of aromatic nitrogens is 2. The Hall–Kier alpha value is -3.28. The average Bonchev–Trinajstić information content (AvgIpc) is 3.33. The molecule has 0 bridgehead atoms. The maximum Gasteiger partial charge on any atom is 0.224 e. The Balaban J connectivity index is 1.40. The summed E-state index contributed by atoms with van der Waals surface area (Å²) in [4.78, 5) is 12.5. The molecule has 29 heavy (non-hydrogen) atoms. The Morgan fingerprint density at radius 1 is 1.31 bits per heavy atom. The Labute approximate surface area is 170 Å². The van der Waals surface area contributed by atoms with Crippen LogP contribution in [0.1, 0.15) is 31.4 Å².